The van der Waals surface area contributed by atoms with E-state index < -0.39 is 12.1 Å². The van der Waals surface area contributed by atoms with Gasteiger partial charge in [-0.2, -0.15) is 0 Å². The number of halogens is 3. The maximum absolute atomic E-state index is 12.3. The highest BCUT2D eigenvalue weighted by atomic mass is 19.4. The topological polar surface area (TPSA) is 56.3 Å². The molecule has 0 amide bonds. The van der Waals surface area contributed by atoms with Gasteiger partial charge in [0.15, 0.2) is 11.5 Å². The second-order valence-corrected chi connectivity index (χ2v) is 3.98. The zero-order valence-corrected chi connectivity index (χ0v) is 11.0. The van der Waals surface area contributed by atoms with Crippen molar-refractivity contribution in [2.75, 3.05) is 7.05 Å². The largest absolute Gasteiger partial charge is 0.573 e. The number of hydrogen-bond acceptors (Lipinski definition) is 5. The van der Waals surface area contributed by atoms with Crippen molar-refractivity contribution in [3.05, 3.63) is 42.4 Å². The molecule has 112 valence electrons. The summed E-state index contributed by atoms with van der Waals surface area (Å²) in [5.74, 6) is -0.447. The summed E-state index contributed by atoms with van der Waals surface area (Å²) in [6, 6.07) is 5.46. The average molecular weight is 299 g/mol. The molecule has 5 nitrogen and oxygen atoms in total. The minimum absolute atomic E-state index is 0.0842. The van der Waals surface area contributed by atoms with E-state index in [1.54, 1.807) is 7.05 Å². The van der Waals surface area contributed by atoms with E-state index in [9.17, 15) is 13.2 Å². The summed E-state index contributed by atoms with van der Waals surface area (Å²) < 4.78 is 46.1. The van der Waals surface area contributed by atoms with Gasteiger partial charge in [0.05, 0.1) is 11.9 Å². The Labute approximate surface area is 118 Å². The van der Waals surface area contributed by atoms with Gasteiger partial charge in [-0.25, -0.2) is 4.98 Å². The highest BCUT2D eigenvalue weighted by Gasteiger charge is 2.32. The van der Waals surface area contributed by atoms with Crippen LogP contribution in [0, 0.1) is 0 Å². The Balaban J connectivity index is 2.21. The quantitative estimate of drug-likeness (QED) is 0.920. The first-order chi connectivity index (χ1) is 9.98. The van der Waals surface area contributed by atoms with Gasteiger partial charge < -0.3 is 14.8 Å². The van der Waals surface area contributed by atoms with E-state index >= 15 is 0 Å². The SMILES string of the molecule is CNCc1cncc(Oc2ccccc2OC(F)(F)F)n1. The number of alkyl halides is 3. The summed E-state index contributed by atoms with van der Waals surface area (Å²) in [6.45, 7) is 0.463. The number of para-hydroxylation sites is 2. The van der Waals surface area contributed by atoms with Crippen LogP contribution < -0.4 is 14.8 Å². The van der Waals surface area contributed by atoms with Crippen LogP contribution in [-0.4, -0.2) is 23.4 Å². The predicted molar refractivity (Wildman–Crippen MR) is 68.0 cm³/mol. The summed E-state index contributed by atoms with van der Waals surface area (Å²) in [5, 5.41) is 2.89. The molecule has 0 bridgehead atoms. The maximum Gasteiger partial charge on any atom is 0.573 e. The fraction of sp³-hybridized carbons (Fsp3) is 0.231. The second-order valence-electron chi connectivity index (χ2n) is 3.98. The Hall–Kier alpha value is -2.35. The summed E-state index contributed by atoms with van der Waals surface area (Å²) in [5.41, 5.74) is 0.601. The Morgan fingerprint density at radius 1 is 1.14 bits per heavy atom. The molecule has 0 fully saturated rings. The summed E-state index contributed by atoms with van der Waals surface area (Å²) in [7, 11) is 1.74. The number of hydrogen-bond donors (Lipinski definition) is 1. The van der Waals surface area contributed by atoms with Gasteiger partial charge in [0.25, 0.3) is 0 Å². The molecule has 0 aliphatic rings. The highest BCUT2D eigenvalue weighted by molar-refractivity contribution is 5.41. The lowest BCUT2D eigenvalue weighted by Gasteiger charge is -2.13. The molecule has 1 aromatic carbocycles. The van der Waals surface area contributed by atoms with Crippen molar-refractivity contribution in [2.24, 2.45) is 0 Å². The molecule has 1 heterocycles. The number of ether oxygens (including phenoxy) is 2. The molecule has 1 N–H and O–H groups in total. The van der Waals surface area contributed by atoms with E-state index in [0.29, 0.717) is 12.2 Å². The first-order valence-corrected chi connectivity index (χ1v) is 5.96. The van der Waals surface area contributed by atoms with E-state index in [4.69, 9.17) is 4.74 Å². The average Bonchev–Trinajstić information content (AvgIpc) is 2.40. The third-order valence-electron chi connectivity index (χ3n) is 2.31. The van der Waals surface area contributed by atoms with Crippen LogP contribution in [0.1, 0.15) is 5.69 Å². The zero-order valence-electron chi connectivity index (χ0n) is 11.0. The number of aromatic nitrogens is 2. The molecule has 0 saturated carbocycles. The van der Waals surface area contributed by atoms with Crippen LogP contribution in [0.4, 0.5) is 13.2 Å². The van der Waals surface area contributed by atoms with Gasteiger partial charge >= 0.3 is 6.36 Å². The number of nitrogens with one attached hydrogen (secondary N) is 1. The van der Waals surface area contributed by atoms with Gasteiger partial charge in [-0.1, -0.05) is 12.1 Å². The van der Waals surface area contributed by atoms with Crippen molar-refractivity contribution in [2.45, 2.75) is 12.9 Å². The van der Waals surface area contributed by atoms with Gasteiger partial charge in [0, 0.05) is 12.7 Å². The molecule has 0 unspecified atom stereocenters. The van der Waals surface area contributed by atoms with E-state index in [1.165, 1.54) is 30.6 Å². The minimum Gasteiger partial charge on any atom is -0.434 e. The van der Waals surface area contributed by atoms with Crippen molar-refractivity contribution >= 4 is 0 Å². The Morgan fingerprint density at radius 3 is 2.52 bits per heavy atom. The van der Waals surface area contributed by atoms with Gasteiger partial charge in [-0.15, -0.1) is 13.2 Å². The standard InChI is InChI=1S/C13H12F3N3O2/c1-17-6-9-7-18-8-12(19-9)20-10-4-2-3-5-11(10)21-13(14,15)16/h2-5,7-8,17H,6H2,1H3. The van der Waals surface area contributed by atoms with Crippen LogP contribution in [0.25, 0.3) is 0 Å². The van der Waals surface area contributed by atoms with Crippen molar-refractivity contribution in [1.29, 1.82) is 0 Å². The molecular weight excluding hydrogens is 287 g/mol. The fourth-order valence-corrected chi connectivity index (χ4v) is 1.56. The molecule has 0 atom stereocenters. The van der Waals surface area contributed by atoms with E-state index in [1.807, 2.05) is 0 Å². The second kappa shape index (κ2) is 6.40. The van der Waals surface area contributed by atoms with Crippen LogP contribution in [0.3, 0.4) is 0 Å². The molecule has 1 aromatic heterocycles. The molecule has 0 aliphatic heterocycles. The van der Waals surface area contributed by atoms with Crippen LogP contribution in [-0.2, 0) is 6.54 Å². The van der Waals surface area contributed by atoms with Crippen molar-refractivity contribution < 1.29 is 22.6 Å². The van der Waals surface area contributed by atoms with Gasteiger partial charge in [0.1, 0.15) is 0 Å². The number of rotatable bonds is 5. The lowest BCUT2D eigenvalue weighted by Crippen LogP contribution is -2.17. The van der Waals surface area contributed by atoms with Crippen molar-refractivity contribution in [3.8, 4) is 17.4 Å². The smallest absolute Gasteiger partial charge is 0.434 e. The fourth-order valence-electron chi connectivity index (χ4n) is 1.56. The lowest BCUT2D eigenvalue weighted by molar-refractivity contribution is -0.275. The molecule has 2 aromatic rings. The normalized spacial score (nSPS) is 11.2. The summed E-state index contributed by atoms with van der Waals surface area (Å²) >= 11 is 0. The predicted octanol–water partition coefficient (Wildman–Crippen LogP) is 2.89. The molecule has 2 rings (SSSR count). The van der Waals surface area contributed by atoms with Crippen molar-refractivity contribution in [1.82, 2.24) is 15.3 Å². The third-order valence-corrected chi connectivity index (χ3v) is 2.31. The van der Waals surface area contributed by atoms with E-state index in [-0.39, 0.29) is 11.6 Å². The van der Waals surface area contributed by atoms with E-state index in [2.05, 4.69) is 20.0 Å². The summed E-state index contributed by atoms with van der Waals surface area (Å²) in [4.78, 5) is 8.02. The Kier molecular flexibility index (Phi) is 4.59. The number of benzene rings is 1. The van der Waals surface area contributed by atoms with Crippen molar-refractivity contribution in [3.63, 3.8) is 0 Å². The van der Waals surface area contributed by atoms with Crippen LogP contribution in [0.15, 0.2) is 36.7 Å². The van der Waals surface area contributed by atoms with Gasteiger partial charge in [0.2, 0.25) is 5.88 Å². The Morgan fingerprint density at radius 2 is 1.86 bits per heavy atom. The van der Waals surface area contributed by atoms with E-state index in [0.717, 1.165) is 6.07 Å². The monoisotopic (exact) mass is 299 g/mol. The molecule has 0 radical (unpaired) electrons. The van der Waals surface area contributed by atoms with Gasteiger partial charge in [-0.3, -0.25) is 4.98 Å². The lowest BCUT2D eigenvalue weighted by atomic mass is 10.3. The number of nitrogens with zero attached hydrogens (tertiary/aromatic N) is 2. The molecule has 8 heteroatoms. The van der Waals surface area contributed by atoms with Crippen LogP contribution >= 0.6 is 0 Å². The Bertz CT molecular complexity index is 605. The first kappa shape index (κ1) is 15.0. The van der Waals surface area contributed by atoms with Gasteiger partial charge in [-0.05, 0) is 19.2 Å². The maximum atomic E-state index is 12.3. The van der Waals surface area contributed by atoms with Crippen LogP contribution in [0.2, 0.25) is 0 Å². The molecule has 0 saturated heterocycles. The molecule has 21 heavy (non-hydrogen) atoms. The summed E-state index contributed by atoms with van der Waals surface area (Å²) in [6.07, 6.45) is -1.95. The minimum atomic E-state index is -4.79. The first-order valence-electron chi connectivity index (χ1n) is 5.96. The molecular formula is C13H12F3N3O2. The molecule has 0 aliphatic carbocycles. The molecule has 0 spiro atoms. The highest BCUT2D eigenvalue weighted by Crippen LogP contribution is 2.34. The third kappa shape index (κ3) is 4.60. The van der Waals surface area contributed by atoms with Crippen LogP contribution in [0.5, 0.6) is 17.4 Å². The zero-order chi connectivity index (χ0) is 15.3.